The molecule has 90 valence electrons. The van der Waals surface area contributed by atoms with Crippen molar-refractivity contribution in [2.75, 3.05) is 5.73 Å². The lowest BCUT2D eigenvalue weighted by Gasteiger charge is -2.05. The lowest BCUT2D eigenvalue weighted by molar-refractivity contribution is 0.477. The molecule has 18 heavy (non-hydrogen) atoms. The van der Waals surface area contributed by atoms with Crippen LogP contribution in [-0.4, -0.2) is 19.6 Å². The highest BCUT2D eigenvalue weighted by atomic mass is 16.3. The Balaban J connectivity index is 2.28. The maximum Gasteiger partial charge on any atom is 0.178 e. The number of hydrogen-bond acceptors (Lipinski definition) is 4. The van der Waals surface area contributed by atoms with E-state index < -0.39 is 0 Å². The van der Waals surface area contributed by atoms with Crippen LogP contribution in [0.1, 0.15) is 0 Å². The van der Waals surface area contributed by atoms with Gasteiger partial charge in [-0.25, -0.2) is 9.97 Å². The fourth-order valence-electron chi connectivity index (χ4n) is 2.00. The zero-order valence-electron chi connectivity index (χ0n) is 9.83. The predicted octanol–water partition coefficient (Wildman–Crippen LogP) is 1.92. The Morgan fingerprint density at radius 2 is 2.11 bits per heavy atom. The third-order valence-corrected chi connectivity index (χ3v) is 2.92. The summed E-state index contributed by atoms with van der Waals surface area (Å²) in [6.45, 7) is 0. The molecule has 3 N–H and O–H groups in total. The Morgan fingerprint density at radius 1 is 1.28 bits per heavy atom. The van der Waals surface area contributed by atoms with Gasteiger partial charge in [0.05, 0.1) is 11.1 Å². The van der Waals surface area contributed by atoms with Crippen molar-refractivity contribution in [1.82, 2.24) is 14.5 Å². The summed E-state index contributed by atoms with van der Waals surface area (Å²) in [5.74, 6) is 0.787. The number of fused-ring (bicyclic) bond motifs is 1. The summed E-state index contributed by atoms with van der Waals surface area (Å²) < 4.78 is 1.90. The van der Waals surface area contributed by atoms with E-state index in [1.54, 1.807) is 18.3 Å². The van der Waals surface area contributed by atoms with Crippen LogP contribution in [0.2, 0.25) is 0 Å². The Kier molecular flexibility index (Phi) is 2.19. The number of aromatic hydroxyl groups is 1. The van der Waals surface area contributed by atoms with Gasteiger partial charge in [0.1, 0.15) is 11.6 Å². The van der Waals surface area contributed by atoms with Crippen LogP contribution in [0.3, 0.4) is 0 Å². The number of rotatable bonds is 1. The van der Waals surface area contributed by atoms with Gasteiger partial charge in [-0.2, -0.15) is 0 Å². The number of imidazole rings is 1. The molecule has 0 amide bonds. The van der Waals surface area contributed by atoms with Crippen LogP contribution in [-0.2, 0) is 7.05 Å². The van der Waals surface area contributed by atoms with E-state index in [-0.39, 0.29) is 5.75 Å². The Bertz CT molecular complexity index is 733. The second kappa shape index (κ2) is 3.73. The van der Waals surface area contributed by atoms with E-state index in [1.807, 2.05) is 23.7 Å². The molecular weight excluding hydrogens is 228 g/mol. The van der Waals surface area contributed by atoms with Crippen LogP contribution in [0, 0.1) is 0 Å². The zero-order valence-corrected chi connectivity index (χ0v) is 9.83. The average molecular weight is 240 g/mol. The van der Waals surface area contributed by atoms with Crippen LogP contribution in [0.25, 0.3) is 22.6 Å². The first-order chi connectivity index (χ1) is 8.66. The third-order valence-electron chi connectivity index (χ3n) is 2.92. The fraction of sp³-hybridized carbons (Fsp3) is 0.0769. The van der Waals surface area contributed by atoms with E-state index in [1.165, 1.54) is 6.07 Å². The summed E-state index contributed by atoms with van der Waals surface area (Å²) in [7, 11) is 1.89. The number of hydrogen-bond donors (Lipinski definition) is 2. The number of pyridine rings is 1. The number of anilines is 1. The van der Waals surface area contributed by atoms with E-state index in [0.29, 0.717) is 22.7 Å². The maximum absolute atomic E-state index is 9.94. The van der Waals surface area contributed by atoms with E-state index in [9.17, 15) is 5.11 Å². The molecule has 0 saturated carbocycles. The molecule has 0 unspecified atom stereocenters. The van der Waals surface area contributed by atoms with Crippen LogP contribution < -0.4 is 5.73 Å². The number of nitrogens with two attached hydrogens (primary N) is 1. The molecule has 1 aromatic carbocycles. The lowest BCUT2D eigenvalue weighted by atomic mass is 10.1. The molecule has 3 rings (SSSR count). The number of phenols is 1. The molecule has 2 aromatic heterocycles. The smallest absolute Gasteiger partial charge is 0.178 e. The molecule has 0 aliphatic heterocycles. The minimum absolute atomic E-state index is 0.119. The van der Waals surface area contributed by atoms with Gasteiger partial charge in [0.15, 0.2) is 5.65 Å². The van der Waals surface area contributed by atoms with Crippen molar-refractivity contribution in [2.24, 2.45) is 7.05 Å². The van der Waals surface area contributed by atoms with Gasteiger partial charge in [0, 0.05) is 25.0 Å². The molecule has 0 aliphatic carbocycles. The molecule has 0 atom stereocenters. The van der Waals surface area contributed by atoms with Gasteiger partial charge in [0.2, 0.25) is 0 Å². The van der Waals surface area contributed by atoms with Crippen molar-refractivity contribution in [2.45, 2.75) is 0 Å². The summed E-state index contributed by atoms with van der Waals surface area (Å²) in [6, 6.07) is 8.81. The Labute approximate surface area is 104 Å². The summed E-state index contributed by atoms with van der Waals surface area (Å²) >= 11 is 0. The van der Waals surface area contributed by atoms with E-state index in [2.05, 4.69) is 9.97 Å². The second-order valence-electron chi connectivity index (χ2n) is 4.12. The van der Waals surface area contributed by atoms with Gasteiger partial charge >= 0.3 is 0 Å². The quantitative estimate of drug-likeness (QED) is 0.637. The van der Waals surface area contributed by atoms with Crippen molar-refractivity contribution >= 4 is 16.9 Å². The summed E-state index contributed by atoms with van der Waals surface area (Å²) in [5, 5.41) is 9.94. The van der Waals surface area contributed by atoms with Gasteiger partial charge in [-0.3, -0.25) is 0 Å². The number of aryl methyl sites for hydroxylation is 1. The van der Waals surface area contributed by atoms with Crippen LogP contribution >= 0.6 is 0 Å². The molecular formula is C13H12N4O. The summed E-state index contributed by atoms with van der Waals surface area (Å²) in [4.78, 5) is 8.62. The third kappa shape index (κ3) is 1.48. The number of aromatic nitrogens is 3. The van der Waals surface area contributed by atoms with Gasteiger partial charge in [-0.1, -0.05) is 0 Å². The average Bonchev–Trinajstić information content (AvgIpc) is 2.68. The fourth-order valence-corrected chi connectivity index (χ4v) is 2.00. The first-order valence-electron chi connectivity index (χ1n) is 5.53. The summed E-state index contributed by atoms with van der Waals surface area (Å²) in [6.07, 6.45) is 1.70. The number of nitrogens with zero attached hydrogens (tertiary/aromatic N) is 3. The van der Waals surface area contributed by atoms with Crippen molar-refractivity contribution in [3.8, 4) is 17.1 Å². The highest BCUT2D eigenvalue weighted by Crippen LogP contribution is 2.31. The Hall–Kier alpha value is -2.56. The molecule has 0 spiro atoms. The van der Waals surface area contributed by atoms with Crippen LogP contribution in [0.4, 0.5) is 5.69 Å². The number of benzene rings is 1. The van der Waals surface area contributed by atoms with Gasteiger partial charge in [-0.15, -0.1) is 0 Å². The first kappa shape index (κ1) is 10.6. The van der Waals surface area contributed by atoms with Crippen molar-refractivity contribution in [3.05, 3.63) is 36.5 Å². The van der Waals surface area contributed by atoms with E-state index in [4.69, 9.17) is 5.73 Å². The first-order valence-corrected chi connectivity index (χ1v) is 5.53. The van der Waals surface area contributed by atoms with Crippen LogP contribution in [0.5, 0.6) is 5.75 Å². The van der Waals surface area contributed by atoms with Crippen molar-refractivity contribution in [1.29, 1.82) is 0 Å². The Morgan fingerprint density at radius 3 is 2.83 bits per heavy atom. The standard InChI is InChI=1S/C13H12N4O/c1-17-10-3-2-6-15-12(10)16-13(17)9-5-4-8(14)7-11(9)18/h2-7,18H,14H2,1H3. The second-order valence-corrected chi connectivity index (χ2v) is 4.12. The molecule has 5 nitrogen and oxygen atoms in total. The van der Waals surface area contributed by atoms with Crippen LogP contribution in [0.15, 0.2) is 36.5 Å². The number of phenolic OH excluding ortho intramolecular Hbond substituents is 1. The van der Waals surface area contributed by atoms with E-state index in [0.717, 1.165) is 5.52 Å². The molecule has 0 fully saturated rings. The normalized spacial score (nSPS) is 10.9. The van der Waals surface area contributed by atoms with Gasteiger partial charge in [-0.05, 0) is 24.3 Å². The molecule has 0 radical (unpaired) electrons. The SMILES string of the molecule is Cn1c(-c2ccc(N)cc2O)nc2ncccc21. The van der Waals surface area contributed by atoms with Crippen molar-refractivity contribution in [3.63, 3.8) is 0 Å². The van der Waals surface area contributed by atoms with E-state index >= 15 is 0 Å². The minimum atomic E-state index is 0.119. The monoisotopic (exact) mass is 240 g/mol. The number of nitrogen functional groups attached to an aromatic ring is 1. The van der Waals surface area contributed by atoms with Gasteiger partial charge < -0.3 is 15.4 Å². The zero-order chi connectivity index (χ0) is 12.7. The molecule has 2 heterocycles. The molecule has 3 aromatic rings. The summed E-state index contributed by atoms with van der Waals surface area (Å²) in [5.41, 5.74) is 8.36. The predicted molar refractivity (Wildman–Crippen MR) is 70.0 cm³/mol. The molecule has 0 bridgehead atoms. The lowest BCUT2D eigenvalue weighted by Crippen LogP contribution is -1.93. The largest absolute Gasteiger partial charge is 0.507 e. The highest BCUT2D eigenvalue weighted by Gasteiger charge is 2.13. The maximum atomic E-state index is 9.94. The minimum Gasteiger partial charge on any atom is -0.507 e. The van der Waals surface area contributed by atoms with Crippen molar-refractivity contribution < 1.29 is 5.11 Å². The molecule has 0 aliphatic rings. The highest BCUT2D eigenvalue weighted by molar-refractivity contribution is 5.79. The van der Waals surface area contributed by atoms with Gasteiger partial charge in [0.25, 0.3) is 0 Å². The molecule has 5 heteroatoms. The molecule has 0 saturated heterocycles. The topological polar surface area (TPSA) is 77.0 Å².